The highest BCUT2D eigenvalue weighted by molar-refractivity contribution is 5.94. The van der Waals surface area contributed by atoms with Gasteiger partial charge in [0, 0.05) is 38.8 Å². The summed E-state index contributed by atoms with van der Waals surface area (Å²) >= 11 is 0. The quantitative estimate of drug-likeness (QED) is 0.752. The number of ether oxygens (including phenoxy) is 2. The first-order valence-electron chi connectivity index (χ1n) is 10.2. The van der Waals surface area contributed by atoms with Crippen molar-refractivity contribution in [1.82, 2.24) is 19.4 Å². The van der Waals surface area contributed by atoms with Gasteiger partial charge in [0.25, 0.3) is 5.91 Å². The highest BCUT2D eigenvalue weighted by Gasteiger charge is 2.49. The van der Waals surface area contributed by atoms with Gasteiger partial charge in [0.15, 0.2) is 11.5 Å². The van der Waals surface area contributed by atoms with Crippen LogP contribution in [0.4, 0.5) is 0 Å². The predicted molar refractivity (Wildman–Crippen MR) is 110 cm³/mol. The van der Waals surface area contributed by atoms with Gasteiger partial charge in [0.05, 0.1) is 32.2 Å². The molecule has 2 aliphatic heterocycles. The summed E-state index contributed by atoms with van der Waals surface area (Å²) in [6, 6.07) is 5.72. The third-order valence-electron chi connectivity index (χ3n) is 6.35. The average Bonchev–Trinajstić information content (AvgIpc) is 3.38. The number of carbonyl (C=O) groups excluding carboxylic acids is 2. The maximum atomic E-state index is 13.5. The van der Waals surface area contributed by atoms with E-state index < -0.39 is 5.41 Å². The van der Waals surface area contributed by atoms with E-state index in [1.807, 2.05) is 23.1 Å². The number of methoxy groups -OCH3 is 2. The van der Waals surface area contributed by atoms with E-state index in [0.29, 0.717) is 49.8 Å². The number of carbonyl (C=O) groups is 2. The van der Waals surface area contributed by atoms with E-state index in [4.69, 9.17) is 9.47 Å². The molecule has 1 atom stereocenters. The molecule has 0 unspecified atom stereocenters. The molecule has 8 heteroatoms. The van der Waals surface area contributed by atoms with Crippen LogP contribution in [0.3, 0.4) is 0 Å². The molecule has 1 aromatic heterocycles. The highest BCUT2D eigenvalue weighted by atomic mass is 16.5. The van der Waals surface area contributed by atoms with Crippen LogP contribution in [0.25, 0.3) is 0 Å². The Labute approximate surface area is 176 Å². The van der Waals surface area contributed by atoms with Crippen LogP contribution in [0.2, 0.25) is 0 Å². The molecule has 1 spiro atoms. The third kappa shape index (κ3) is 3.40. The normalized spacial score (nSPS) is 21.4. The Morgan fingerprint density at radius 1 is 1.20 bits per heavy atom. The molecule has 8 nitrogen and oxygen atoms in total. The number of para-hydroxylation sites is 1. The van der Waals surface area contributed by atoms with E-state index in [1.165, 1.54) is 0 Å². The van der Waals surface area contributed by atoms with Crippen LogP contribution < -0.4 is 9.47 Å². The molecule has 4 rings (SSSR count). The summed E-state index contributed by atoms with van der Waals surface area (Å²) in [5.41, 5.74) is 0.967. The van der Waals surface area contributed by atoms with Crippen LogP contribution in [0.15, 0.2) is 30.7 Å². The number of hydrogen-bond donors (Lipinski definition) is 0. The molecular weight excluding hydrogens is 384 g/mol. The number of rotatable bonds is 5. The number of imidazole rings is 1. The lowest BCUT2D eigenvalue weighted by Gasteiger charge is -2.39. The fourth-order valence-corrected chi connectivity index (χ4v) is 4.74. The number of hydrogen-bond acceptors (Lipinski definition) is 5. The van der Waals surface area contributed by atoms with Gasteiger partial charge in [-0.25, -0.2) is 4.98 Å². The number of benzene rings is 1. The fourth-order valence-electron chi connectivity index (χ4n) is 4.74. The standard InChI is InChI=1S/C22H28N4O4/c1-24-15-23-12-17(24)20(27)26-11-9-22(14-26)8-5-10-25(21(22)28)13-16-6-4-7-18(29-2)19(16)30-3/h4,6-7,12,15H,5,8-11,13-14H2,1-3H3/t22-/m1/s1. The minimum absolute atomic E-state index is 0.0636. The van der Waals surface area contributed by atoms with Gasteiger partial charge in [-0.05, 0) is 25.3 Å². The summed E-state index contributed by atoms with van der Waals surface area (Å²) in [5.74, 6) is 1.38. The Morgan fingerprint density at radius 3 is 2.73 bits per heavy atom. The first-order valence-corrected chi connectivity index (χ1v) is 10.2. The van der Waals surface area contributed by atoms with Gasteiger partial charge in [0.1, 0.15) is 5.69 Å². The Morgan fingerprint density at radius 2 is 2.03 bits per heavy atom. The van der Waals surface area contributed by atoms with E-state index in [9.17, 15) is 9.59 Å². The van der Waals surface area contributed by atoms with Gasteiger partial charge in [-0.1, -0.05) is 12.1 Å². The Bertz CT molecular complexity index is 956. The molecule has 0 aliphatic carbocycles. The maximum Gasteiger partial charge on any atom is 0.272 e. The Kier molecular flexibility index (Phi) is 5.40. The van der Waals surface area contributed by atoms with Crippen LogP contribution in [0, 0.1) is 5.41 Å². The minimum atomic E-state index is -0.501. The molecule has 1 aromatic carbocycles. The van der Waals surface area contributed by atoms with Crippen molar-refractivity contribution in [3.8, 4) is 11.5 Å². The molecule has 0 radical (unpaired) electrons. The van der Waals surface area contributed by atoms with E-state index in [2.05, 4.69) is 4.98 Å². The molecule has 3 heterocycles. The van der Waals surface area contributed by atoms with Crippen LogP contribution >= 0.6 is 0 Å². The van der Waals surface area contributed by atoms with Crippen LogP contribution in [0.5, 0.6) is 11.5 Å². The molecule has 160 valence electrons. The number of piperidine rings is 1. The van der Waals surface area contributed by atoms with E-state index in [0.717, 1.165) is 18.4 Å². The zero-order valence-corrected chi connectivity index (χ0v) is 17.8. The fraction of sp³-hybridized carbons (Fsp3) is 0.500. The van der Waals surface area contributed by atoms with Gasteiger partial charge in [-0.3, -0.25) is 9.59 Å². The van der Waals surface area contributed by atoms with Crippen molar-refractivity contribution < 1.29 is 19.1 Å². The summed E-state index contributed by atoms with van der Waals surface area (Å²) in [6.07, 6.45) is 5.63. The maximum absolute atomic E-state index is 13.5. The van der Waals surface area contributed by atoms with Crippen molar-refractivity contribution in [2.24, 2.45) is 12.5 Å². The number of likely N-dealkylation sites (tertiary alicyclic amines) is 2. The summed E-state index contributed by atoms with van der Waals surface area (Å²) in [7, 11) is 5.02. The molecule has 2 amide bonds. The summed E-state index contributed by atoms with van der Waals surface area (Å²) in [6.45, 7) is 2.22. The second-order valence-corrected chi connectivity index (χ2v) is 8.13. The van der Waals surface area contributed by atoms with Crippen molar-refractivity contribution in [1.29, 1.82) is 0 Å². The van der Waals surface area contributed by atoms with E-state index in [-0.39, 0.29) is 11.8 Å². The number of nitrogens with zero attached hydrogens (tertiary/aromatic N) is 4. The zero-order valence-electron chi connectivity index (χ0n) is 17.8. The van der Waals surface area contributed by atoms with E-state index in [1.54, 1.807) is 43.3 Å². The number of aromatic nitrogens is 2. The number of amides is 2. The molecular formula is C22H28N4O4. The lowest BCUT2D eigenvalue weighted by Crippen LogP contribution is -2.50. The minimum Gasteiger partial charge on any atom is -0.493 e. The summed E-state index contributed by atoms with van der Waals surface area (Å²) in [5, 5.41) is 0. The Balaban J connectivity index is 1.52. The number of aryl methyl sites for hydroxylation is 1. The van der Waals surface area contributed by atoms with E-state index >= 15 is 0 Å². The third-order valence-corrected chi connectivity index (χ3v) is 6.35. The molecule has 2 saturated heterocycles. The monoisotopic (exact) mass is 412 g/mol. The van der Waals surface area contributed by atoms with Crippen molar-refractivity contribution >= 4 is 11.8 Å². The smallest absolute Gasteiger partial charge is 0.272 e. The Hall–Kier alpha value is -3.03. The molecule has 2 fully saturated rings. The predicted octanol–water partition coefficient (Wildman–Crippen LogP) is 2.09. The van der Waals surface area contributed by atoms with Gasteiger partial charge in [-0.2, -0.15) is 0 Å². The lowest BCUT2D eigenvalue weighted by atomic mass is 9.78. The topological polar surface area (TPSA) is 76.9 Å². The van der Waals surface area contributed by atoms with Crippen LogP contribution in [0.1, 0.15) is 35.3 Å². The largest absolute Gasteiger partial charge is 0.493 e. The van der Waals surface area contributed by atoms with Gasteiger partial charge < -0.3 is 23.8 Å². The van der Waals surface area contributed by atoms with Crippen LogP contribution in [-0.2, 0) is 18.4 Å². The van der Waals surface area contributed by atoms with Crippen LogP contribution in [-0.4, -0.2) is 65.0 Å². The first kappa shape index (κ1) is 20.3. The van der Waals surface area contributed by atoms with Crippen molar-refractivity contribution in [3.05, 3.63) is 42.0 Å². The van der Waals surface area contributed by atoms with Gasteiger partial charge in [-0.15, -0.1) is 0 Å². The van der Waals surface area contributed by atoms with Gasteiger partial charge >= 0.3 is 0 Å². The van der Waals surface area contributed by atoms with Gasteiger partial charge in [0.2, 0.25) is 5.91 Å². The second kappa shape index (κ2) is 8.01. The molecule has 0 N–H and O–H groups in total. The molecule has 30 heavy (non-hydrogen) atoms. The summed E-state index contributed by atoms with van der Waals surface area (Å²) in [4.78, 5) is 34.2. The average molecular weight is 412 g/mol. The molecule has 2 aliphatic rings. The molecule has 2 aromatic rings. The van der Waals surface area contributed by atoms with Crippen molar-refractivity contribution in [3.63, 3.8) is 0 Å². The SMILES string of the molecule is COc1cccc(CN2CCC[C@]3(CCN(C(=O)c4cncn4C)C3)C2=O)c1OC. The first-order chi connectivity index (χ1) is 14.5. The molecule has 0 bridgehead atoms. The summed E-state index contributed by atoms with van der Waals surface area (Å²) < 4.78 is 12.6. The van der Waals surface area contributed by atoms with Crippen molar-refractivity contribution in [2.75, 3.05) is 33.9 Å². The highest BCUT2D eigenvalue weighted by Crippen LogP contribution is 2.41. The lowest BCUT2D eigenvalue weighted by molar-refractivity contribution is -0.146. The second-order valence-electron chi connectivity index (χ2n) is 8.13. The van der Waals surface area contributed by atoms with Crippen molar-refractivity contribution in [2.45, 2.75) is 25.8 Å². The zero-order chi connectivity index (χ0) is 21.3. The molecule has 0 saturated carbocycles.